The maximum absolute atomic E-state index is 6.20. The lowest BCUT2D eigenvalue weighted by molar-refractivity contribution is 0.415. The van der Waals surface area contributed by atoms with Gasteiger partial charge in [-0.1, -0.05) is 11.6 Å². The Labute approximate surface area is 149 Å². The molecule has 0 aliphatic rings. The summed E-state index contributed by atoms with van der Waals surface area (Å²) in [5.41, 5.74) is 2.62. The van der Waals surface area contributed by atoms with Gasteiger partial charge in [-0.25, -0.2) is 9.97 Å². The lowest BCUT2D eigenvalue weighted by Crippen LogP contribution is -1.96. The summed E-state index contributed by atoms with van der Waals surface area (Å²) < 4.78 is 10.7. The van der Waals surface area contributed by atoms with E-state index in [4.69, 9.17) is 20.8 Å². The molecule has 0 unspecified atom stereocenters. The fraction of sp³-hybridized carbons (Fsp3) is 0.0526. The smallest absolute Gasteiger partial charge is 0.141 e. The van der Waals surface area contributed by atoms with Crippen LogP contribution in [0.4, 0.5) is 11.5 Å². The monoisotopic (exact) mass is 351 g/mol. The number of ether oxygens (including phenoxy) is 1. The van der Waals surface area contributed by atoms with Gasteiger partial charge < -0.3 is 14.5 Å². The second-order valence-corrected chi connectivity index (χ2v) is 5.81. The van der Waals surface area contributed by atoms with Crippen LogP contribution in [0.15, 0.2) is 65.5 Å². The molecule has 2 aromatic carbocycles. The lowest BCUT2D eigenvalue weighted by atomic mass is 10.1. The van der Waals surface area contributed by atoms with Gasteiger partial charge in [0.15, 0.2) is 0 Å². The molecule has 0 saturated heterocycles. The van der Waals surface area contributed by atoms with E-state index >= 15 is 0 Å². The van der Waals surface area contributed by atoms with E-state index in [9.17, 15) is 0 Å². The first-order valence-corrected chi connectivity index (χ1v) is 8.01. The van der Waals surface area contributed by atoms with E-state index < -0.39 is 0 Å². The molecule has 2 heterocycles. The highest BCUT2D eigenvalue weighted by Crippen LogP contribution is 2.31. The summed E-state index contributed by atoms with van der Waals surface area (Å²) in [6.45, 7) is 0. The Morgan fingerprint density at radius 1 is 1.08 bits per heavy atom. The molecule has 0 atom stereocenters. The molecule has 0 aliphatic heterocycles. The molecule has 2 aromatic heterocycles. The third kappa shape index (κ3) is 3.02. The number of furan rings is 1. The Bertz CT molecular complexity index is 1030. The topological polar surface area (TPSA) is 60.2 Å². The number of fused-ring (bicyclic) bond motifs is 1. The number of methoxy groups -OCH3 is 1. The van der Waals surface area contributed by atoms with Crippen LogP contribution in [0.25, 0.3) is 22.2 Å². The first-order chi connectivity index (χ1) is 12.2. The second kappa shape index (κ2) is 6.45. The molecule has 0 fully saturated rings. The van der Waals surface area contributed by atoms with Crippen LogP contribution in [0.3, 0.4) is 0 Å². The normalized spacial score (nSPS) is 10.8. The van der Waals surface area contributed by atoms with Gasteiger partial charge in [-0.15, -0.1) is 0 Å². The predicted molar refractivity (Wildman–Crippen MR) is 98.5 cm³/mol. The summed E-state index contributed by atoms with van der Waals surface area (Å²) >= 11 is 6.20. The molecule has 4 aromatic rings. The quantitative estimate of drug-likeness (QED) is 0.541. The molecule has 25 heavy (non-hydrogen) atoms. The maximum atomic E-state index is 6.20. The summed E-state index contributed by atoms with van der Waals surface area (Å²) in [4.78, 5) is 8.69. The first kappa shape index (κ1) is 15.5. The number of hydrogen-bond acceptors (Lipinski definition) is 5. The zero-order valence-electron chi connectivity index (χ0n) is 13.4. The molecule has 0 spiro atoms. The van der Waals surface area contributed by atoms with Crippen molar-refractivity contribution in [3.8, 4) is 17.1 Å². The second-order valence-electron chi connectivity index (χ2n) is 5.41. The van der Waals surface area contributed by atoms with Gasteiger partial charge in [-0.05, 0) is 48.5 Å². The van der Waals surface area contributed by atoms with Gasteiger partial charge in [0.05, 0.1) is 23.9 Å². The SMILES string of the molecule is COc1ccc(Nc2ncnc3ccc(-c4ccco4)cc23)cc1Cl. The Balaban J connectivity index is 1.76. The molecule has 5 nitrogen and oxygen atoms in total. The summed E-state index contributed by atoms with van der Waals surface area (Å²) in [6, 6.07) is 15.2. The largest absolute Gasteiger partial charge is 0.495 e. The number of hydrogen-bond donors (Lipinski definition) is 1. The van der Waals surface area contributed by atoms with Crippen LogP contribution < -0.4 is 10.1 Å². The summed E-state index contributed by atoms with van der Waals surface area (Å²) in [6.07, 6.45) is 3.18. The van der Waals surface area contributed by atoms with E-state index in [0.29, 0.717) is 16.6 Å². The third-order valence-electron chi connectivity index (χ3n) is 3.86. The van der Waals surface area contributed by atoms with Crippen LogP contribution >= 0.6 is 11.6 Å². The van der Waals surface area contributed by atoms with Crippen molar-refractivity contribution in [2.24, 2.45) is 0 Å². The molecular formula is C19H14ClN3O2. The van der Waals surface area contributed by atoms with Crippen molar-refractivity contribution in [1.82, 2.24) is 9.97 Å². The van der Waals surface area contributed by atoms with Crippen LogP contribution in [-0.2, 0) is 0 Å². The molecule has 4 rings (SSSR count). The fourth-order valence-corrected chi connectivity index (χ4v) is 2.89. The van der Waals surface area contributed by atoms with Crippen molar-refractivity contribution < 1.29 is 9.15 Å². The molecule has 0 radical (unpaired) electrons. The molecule has 0 bridgehead atoms. The van der Waals surface area contributed by atoms with Crippen LogP contribution in [0.2, 0.25) is 5.02 Å². The highest BCUT2D eigenvalue weighted by Gasteiger charge is 2.09. The van der Waals surface area contributed by atoms with Gasteiger partial charge in [0.2, 0.25) is 0 Å². The Kier molecular flexibility index (Phi) is 3.99. The van der Waals surface area contributed by atoms with Crippen LogP contribution in [0, 0.1) is 0 Å². The van der Waals surface area contributed by atoms with Crippen molar-refractivity contribution in [2.75, 3.05) is 12.4 Å². The number of nitrogens with zero attached hydrogens (tertiary/aromatic N) is 2. The molecule has 0 saturated carbocycles. The van der Waals surface area contributed by atoms with E-state index in [0.717, 1.165) is 27.9 Å². The highest BCUT2D eigenvalue weighted by atomic mass is 35.5. The zero-order chi connectivity index (χ0) is 17.2. The Morgan fingerprint density at radius 2 is 2.00 bits per heavy atom. The predicted octanol–water partition coefficient (Wildman–Crippen LogP) is 5.30. The van der Waals surface area contributed by atoms with Crippen LogP contribution in [0.5, 0.6) is 5.75 Å². The standard InChI is InChI=1S/C19H14ClN3O2/c1-24-18-7-5-13(10-15(18)20)23-19-14-9-12(17-3-2-8-25-17)4-6-16(14)21-11-22-19/h2-11H,1H3,(H,21,22,23). The number of rotatable bonds is 4. The average Bonchev–Trinajstić information content (AvgIpc) is 3.16. The van der Waals surface area contributed by atoms with Crippen molar-refractivity contribution in [1.29, 1.82) is 0 Å². The number of halogens is 1. The maximum Gasteiger partial charge on any atom is 0.141 e. The van der Waals surface area contributed by atoms with E-state index in [1.807, 2.05) is 42.5 Å². The third-order valence-corrected chi connectivity index (χ3v) is 4.15. The Hall–Kier alpha value is -3.05. The molecule has 6 heteroatoms. The minimum Gasteiger partial charge on any atom is -0.495 e. The van der Waals surface area contributed by atoms with Crippen LogP contribution in [0.1, 0.15) is 0 Å². The van der Waals surface area contributed by atoms with Crippen LogP contribution in [-0.4, -0.2) is 17.1 Å². The van der Waals surface area contributed by atoms with Gasteiger partial charge >= 0.3 is 0 Å². The molecule has 0 aliphatic carbocycles. The molecule has 124 valence electrons. The Morgan fingerprint density at radius 3 is 2.76 bits per heavy atom. The van der Waals surface area contributed by atoms with E-state index in [1.54, 1.807) is 19.4 Å². The molecular weight excluding hydrogens is 338 g/mol. The first-order valence-electron chi connectivity index (χ1n) is 7.64. The zero-order valence-corrected chi connectivity index (χ0v) is 14.1. The van der Waals surface area contributed by atoms with E-state index in [1.165, 1.54) is 6.33 Å². The summed E-state index contributed by atoms with van der Waals surface area (Å²) in [5, 5.41) is 4.71. The number of benzene rings is 2. The van der Waals surface area contributed by atoms with Gasteiger partial charge in [0.1, 0.15) is 23.7 Å². The minimum absolute atomic E-state index is 0.530. The van der Waals surface area contributed by atoms with Crippen molar-refractivity contribution in [2.45, 2.75) is 0 Å². The van der Waals surface area contributed by atoms with Gasteiger partial charge in [-0.2, -0.15) is 0 Å². The van der Waals surface area contributed by atoms with Crippen molar-refractivity contribution >= 4 is 34.0 Å². The van der Waals surface area contributed by atoms with E-state index in [2.05, 4.69) is 15.3 Å². The summed E-state index contributed by atoms with van der Waals surface area (Å²) in [5.74, 6) is 2.11. The highest BCUT2D eigenvalue weighted by molar-refractivity contribution is 6.32. The lowest BCUT2D eigenvalue weighted by Gasteiger charge is -2.11. The average molecular weight is 352 g/mol. The van der Waals surface area contributed by atoms with E-state index in [-0.39, 0.29) is 0 Å². The number of aromatic nitrogens is 2. The van der Waals surface area contributed by atoms with Crippen molar-refractivity contribution in [3.05, 3.63) is 66.1 Å². The molecule has 1 N–H and O–H groups in total. The van der Waals surface area contributed by atoms with Gasteiger partial charge in [0, 0.05) is 16.6 Å². The summed E-state index contributed by atoms with van der Waals surface area (Å²) in [7, 11) is 1.59. The van der Waals surface area contributed by atoms with Gasteiger partial charge in [-0.3, -0.25) is 0 Å². The number of nitrogens with one attached hydrogen (secondary N) is 1. The minimum atomic E-state index is 0.530. The fourth-order valence-electron chi connectivity index (χ4n) is 2.63. The molecule has 0 amide bonds. The van der Waals surface area contributed by atoms with Crippen molar-refractivity contribution in [3.63, 3.8) is 0 Å². The number of anilines is 2. The van der Waals surface area contributed by atoms with Gasteiger partial charge in [0.25, 0.3) is 0 Å².